The summed E-state index contributed by atoms with van der Waals surface area (Å²) in [6, 6.07) is 0. The zero-order valence-corrected chi connectivity index (χ0v) is 12.8. The first-order valence-corrected chi connectivity index (χ1v) is 7.27. The zero-order valence-electron chi connectivity index (χ0n) is 12.8. The molecule has 0 aromatic rings. The van der Waals surface area contributed by atoms with Crippen LogP contribution in [0.5, 0.6) is 0 Å². The molecule has 0 saturated carbocycles. The summed E-state index contributed by atoms with van der Waals surface area (Å²) in [5, 5.41) is 3.18. The van der Waals surface area contributed by atoms with E-state index in [1.54, 1.807) is 0 Å². The lowest BCUT2D eigenvalue weighted by atomic mass is 9.77. The van der Waals surface area contributed by atoms with Gasteiger partial charge in [0.1, 0.15) is 0 Å². The van der Waals surface area contributed by atoms with Crippen LogP contribution < -0.4 is 5.32 Å². The van der Waals surface area contributed by atoms with Crippen LogP contribution in [0.2, 0.25) is 0 Å². The van der Waals surface area contributed by atoms with Crippen molar-refractivity contribution < 1.29 is 4.79 Å². The maximum atomic E-state index is 12.1. The SMILES string of the molecule is CNCC(C)CN1CCC(C(C)(C)C)CCC1=O. The van der Waals surface area contributed by atoms with Gasteiger partial charge < -0.3 is 10.2 Å². The monoisotopic (exact) mass is 254 g/mol. The van der Waals surface area contributed by atoms with Gasteiger partial charge in [0.05, 0.1) is 0 Å². The van der Waals surface area contributed by atoms with E-state index in [1.165, 1.54) is 0 Å². The first-order valence-electron chi connectivity index (χ1n) is 7.27. The number of carbonyl (C=O) groups is 1. The second-order valence-electron chi connectivity index (χ2n) is 6.89. The molecule has 0 bridgehead atoms. The van der Waals surface area contributed by atoms with Crippen molar-refractivity contribution in [2.75, 3.05) is 26.7 Å². The van der Waals surface area contributed by atoms with Crippen LogP contribution in [-0.4, -0.2) is 37.5 Å². The molecule has 1 rings (SSSR count). The number of hydrogen-bond donors (Lipinski definition) is 1. The molecule has 1 aliphatic rings. The second-order valence-corrected chi connectivity index (χ2v) is 6.89. The third kappa shape index (κ3) is 4.60. The van der Waals surface area contributed by atoms with Gasteiger partial charge in [-0.1, -0.05) is 27.7 Å². The van der Waals surface area contributed by atoms with E-state index in [1.807, 2.05) is 7.05 Å². The Kier molecular flexibility index (Phi) is 5.64. The minimum Gasteiger partial charge on any atom is -0.342 e. The van der Waals surface area contributed by atoms with Crippen LogP contribution in [0.15, 0.2) is 0 Å². The molecule has 2 atom stereocenters. The van der Waals surface area contributed by atoms with Crippen molar-refractivity contribution in [1.82, 2.24) is 10.2 Å². The highest BCUT2D eigenvalue weighted by Gasteiger charge is 2.30. The van der Waals surface area contributed by atoms with Crippen molar-refractivity contribution in [2.45, 2.75) is 47.0 Å². The first-order chi connectivity index (χ1) is 8.34. The third-order valence-corrected chi connectivity index (χ3v) is 4.12. The Bertz CT molecular complexity index is 270. The summed E-state index contributed by atoms with van der Waals surface area (Å²) in [4.78, 5) is 14.2. The minimum absolute atomic E-state index is 0.326. The van der Waals surface area contributed by atoms with Crippen LogP contribution >= 0.6 is 0 Å². The second kappa shape index (κ2) is 6.55. The lowest BCUT2D eigenvalue weighted by Crippen LogP contribution is -2.37. The van der Waals surface area contributed by atoms with E-state index in [0.717, 1.165) is 38.9 Å². The Balaban J connectivity index is 2.54. The van der Waals surface area contributed by atoms with Crippen molar-refractivity contribution in [3.63, 3.8) is 0 Å². The lowest BCUT2D eigenvalue weighted by Gasteiger charge is -2.30. The molecule has 1 saturated heterocycles. The van der Waals surface area contributed by atoms with Crippen LogP contribution in [0.3, 0.4) is 0 Å². The quantitative estimate of drug-likeness (QED) is 0.836. The van der Waals surface area contributed by atoms with Crippen molar-refractivity contribution in [3.8, 4) is 0 Å². The van der Waals surface area contributed by atoms with E-state index in [2.05, 4.69) is 37.9 Å². The summed E-state index contributed by atoms with van der Waals surface area (Å²) in [5.41, 5.74) is 0.326. The average Bonchev–Trinajstić information content (AvgIpc) is 2.41. The van der Waals surface area contributed by atoms with Crippen LogP contribution in [0.25, 0.3) is 0 Å². The fraction of sp³-hybridized carbons (Fsp3) is 0.933. The zero-order chi connectivity index (χ0) is 13.8. The smallest absolute Gasteiger partial charge is 0.222 e. The number of likely N-dealkylation sites (tertiary alicyclic amines) is 1. The van der Waals surface area contributed by atoms with Crippen LogP contribution in [0, 0.1) is 17.3 Å². The van der Waals surface area contributed by atoms with E-state index < -0.39 is 0 Å². The van der Waals surface area contributed by atoms with Gasteiger partial charge in [-0.2, -0.15) is 0 Å². The van der Waals surface area contributed by atoms with Gasteiger partial charge in [-0.05, 0) is 43.7 Å². The summed E-state index contributed by atoms with van der Waals surface area (Å²) in [7, 11) is 1.97. The fourth-order valence-corrected chi connectivity index (χ4v) is 2.88. The van der Waals surface area contributed by atoms with Gasteiger partial charge in [0.15, 0.2) is 0 Å². The van der Waals surface area contributed by atoms with Gasteiger partial charge in [0, 0.05) is 19.5 Å². The maximum Gasteiger partial charge on any atom is 0.222 e. The van der Waals surface area contributed by atoms with E-state index in [9.17, 15) is 4.79 Å². The summed E-state index contributed by atoms with van der Waals surface area (Å²) >= 11 is 0. The highest BCUT2D eigenvalue weighted by Crippen LogP contribution is 2.34. The standard InChI is InChI=1S/C15H30N2O/c1-12(10-16-5)11-17-9-8-13(15(2,3)4)6-7-14(17)18/h12-13,16H,6-11H2,1-5H3. The van der Waals surface area contributed by atoms with Crippen LogP contribution in [0.1, 0.15) is 47.0 Å². The number of amides is 1. The maximum absolute atomic E-state index is 12.1. The molecule has 3 heteroatoms. The fourth-order valence-electron chi connectivity index (χ4n) is 2.88. The largest absolute Gasteiger partial charge is 0.342 e. The highest BCUT2D eigenvalue weighted by atomic mass is 16.2. The normalized spacial score (nSPS) is 23.9. The van der Waals surface area contributed by atoms with E-state index in [4.69, 9.17) is 0 Å². The Morgan fingerprint density at radius 3 is 2.61 bits per heavy atom. The van der Waals surface area contributed by atoms with E-state index in [0.29, 0.717) is 23.2 Å². The van der Waals surface area contributed by atoms with Crippen molar-refractivity contribution in [3.05, 3.63) is 0 Å². The number of carbonyl (C=O) groups excluding carboxylic acids is 1. The summed E-state index contributed by atoms with van der Waals surface area (Å²) < 4.78 is 0. The molecule has 0 aromatic heterocycles. The Labute approximate surface area is 112 Å². The molecule has 106 valence electrons. The van der Waals surface area contributed by atoms with E-state index >= 15 is 0 Å². The van der Waals surface area contributed by atoms with Gasteiger partial charge in [0.25, 0.3) is 0 Å². The predicted octanol–water partition coefficient (Wildman–Crippen LogP) is 2.52. The predicted molar refractivity (Wildman–Crippen MR) is 76.5 cm³/mol. The molecule has 0 aliphatic carbocycles. The highest BCUT2D eigenvalue weighted by molar-refractivity contribution is 5.76. The third-order valence-electron chi connectivity index (χ3n) is 4.12. The molecule has 0 aromatic carbocycles. The Morgan fingerprint density at radius 2 is 2.06 bits per heavy atom. The molecule has 1 fully saturated rings. The van der Waals surface area contributed by atoms with Gasteiger partial charge in [0.2, 0.25) is 5.91 Å². The lowest BCUT2D eigenvalue weighted by molar-refractivity contribution is -0.131. The molecule has 1 heterocycles. The van der Waals surface area contributed by atoms with Crippen molar-refractivity contribution >= 4 is 5.91 Å². The molecular formula is C15H30N2O. The molecule has 1 amide bonds. The Morgan fingerprint density at radius 1 is 1.39 bits per heavy atom. The molecular weight excluding hydrogens is 224 g/mol. The van der Waals surface area contributed by atoms with Gasteiger partial charge in [-0.25, -0.2) is 0 Å². The molecule has 2 unspecified atom stereocenters. The minimum atomic E-state index is 0.326. The van der Waals surface area contributed by atoms with Crippen molar-refractivity contribution in [1.29, 1.82) is 0 Å². The topological polar surface area (TPSA) is 32.3 Å². The Hall–Kier alpha value is -0.570. The molecule has 3 nitrogen and oxygen atoms in total. The molecule has 0 radical (unpaired) electrons. The summed E-state index contributed by atoms with van der Waals surface area (Å²) in [6.45, 7) is 11.9. The van der Waals surface area contributed by atoms with Crippen LogP contribution in [-0.2, 0) is 4.79 Å². The number of hydrogen-bond acceptors (Lipinski definition) is 2. The van der Waals surface area contributed by atoms with Gasteiger partial charge in [-0.15, -0.1) is 0 Å². The number of nitrogens with zero attached hydrogens (tertiary/aromatic N) is 1. The molecule has 18 heavy (non-hydrogen) atoms. The van der Waals surface area contributed by atoms with Gasteiger partial charge >= 0.3 is 0 Å². The van der Waals surface area contributed by atoms with Crippen LogP contribution in [0.4, 0.5) is 0 Å². The first kappa shape index (κ1) is 15.5. The molecule has 0 spiro atoms. The molecule has 1 N–H and O–H groups in total. The molecule has 1 aliphatic heterocycles. The number of rotatable bonds is 4. The van der Waals surface area contributed by atoms with E-state index in [-0.39, 0.29) is 0 Å². The average molecular weight is 254 g/mol. The summed E-state index contributed by atoms with van der Waals surface area (Å²) in [6.07, 6.45) is 2.94. The number of nitrogens with one attached hydrogen (secondary N) is 1. The van der Waals surface area contributed by atoms with Crippen molar-refractivity contribution in [2.24, 2.45) is 17.3 Å². The van der Waals surface area contributed by atoms with Gasteiger partial charge in [-0.3, -0.25) is 4.79 Å². The summed E-state index contributed by atoms with van der Waals surface area (Å²) in [5.74, 6) is 1.56.